The minimum atomic E-state index is -0.955. The molecule has 0 heterocycles. The number of amides is 1. The largest absolute Gasteiger partial charge is 0.481 e. The Bertz CT molecular complexity index is 423. The highest BCUT2D eigenvalue weighted by atomic mass is 16.5. The van der Waals surface area contributed by atoms with Crippen molar-refractivity contribution >= 4 is 17.7 Å². The Balaban J connectivity index is 2.88. The average Bonchev–Trinajstić information content (AvgIpc) is 2.29. The first-order valence-electron chi connectivity index (χ1n) is 5.07. The van der Waals surface area contributed by atoms with Gasteiger partial charge in [0.25, 0.3) is 0 Å². The molecule has 1 rings (SSSR count). The van der Waals surface area contributed by atoms with Gasteiger partial charge in [0.05, 0.1) is 12.5 Å². The van der Waals surface area contributed by atoms with E-state index in [4.69, 9.17) is 5.11 Å². The van der Waals surface area contributed by atoms with Crippen LogP contribution in [0, 0.1) is 0 Å². The van der Waals surface area contributed by atoms with Gasteiger partial charge < -0.3 is 9.84 Å². The molecule has 1 amide bonds. The van der Waals surface area contributed by atoms with Crippen molar-refractivity contribution in [3.63, 3.8) is 0 Å². The highest BCUT2D eigenvalue weighted by molar-refractivity contribution is 5.85. The first-order chi connectivity index (χ1) is 7.87. The summed E-state index contributed by atoms with van der Waals surface area (Å²) in [6.45, 7) is 3.25. The maximum atomic E-state index is 11.0. The van der Waals surface area contributed by atoms with Crippen molar-refractivity contribution in [3.05, 3.63) is 29.8 Å². The van der Waals surface area contributed by atoms with E-state index >= 15 is 0 Å². The third-order valence-electron chi connectivity index (χ3n) is 2.57. The molecule has 0 fully saturated rings. The minimum Gasteiger partial charge on any atom is -0.481 e. The Labute approximate surface area is 99.4 Å². The van der Waals surface area contributed by atoms with Crippen LogP contribution in [0.4, 0.5) is 10.5 Å². The number of hydrogen-bond donors (Lipinski definition) is 2. The van der Waals surface area contributed by atoms with E-state index in [1.165, 1.54) is 7.11 Å². The predicted octanol–water partition coefficient (Wildman–Crippen LogP) is 2.23. The van der Waals surface area contributed by atoms with E-state index < -0.39 is 17.5 Å². The average molecular weight is 237 g/mol. The van der Waals surface area contributed by atoms with Gasteiger partial charge in [0, 0.05) is 5.69 Å². The van der Waals surface area contributed by atoms with Crippen LogP contribution < -0.4 is 5.32 Å². The zero-order chi connectivity index (χ0) is 13.1. The molecule has 0 spiro atoms. The van der Waals surface area contributed by atoms with Crippen molar-refractivity contribution in [2.24, 2.45) is 0 Å². The minimum absolute atomic E-state index is 0.557. The van der Waals surface area contributed by atoms with Gasteiger partial charge in [-0.2, -0.15) is 0 Å². The van der Waals surface area contributed by atoms with Gasteiger partial charge in [-0.25, -0.2) is 4.79 Å². The number of aliphatic carboxylic acids is 1. The van der Waals surface area contributed by atoms with Crippen molar-refractivity contribution in [2.45, 2.75) is 19.3 Å². The summed E-state index contributed by atoms with van der Waals surface area (Å²) >= 11 is 0. The Hall–Kier alpha value is -2.04. The van der Waals surface area contributed by atoms with Gasteiger partial charge in [0.2, 0.25) is 0 Å². The number of nitrogens with one attached hydrogen (secondary N) is 1. The van der Waals surface area contributed by atoms with Gasteiger partial charge in [0.15, 0.2) is 0 Å². The second kappa shape index (κ2) is 4.86. The number of ether oxygens (including phenoxy) is 1. The van der Waals surface area contributed by atoms with Crippen LogP contribution in [-0.4, -0.2) is 24.3 Å². The van der Waals surface area contributed by atoms with Crippen LogP contribution in [0.1, 0.15) is 19.4 Å². The smallest absolute Gasteiger partial charge is 0.411 e. The van der Waals surface area contributed by atoms with E-state index in [0.29, 0.717) is 11.3 Å². The zero-order valence-electron chi connectivity index (χ0n) is 9.98. The van der Waals surface area contributed by atoms with Crippen LogP contribution in [0.15, 0.2) is 24.3 Å². The van der Waals surface area contributed by atoms with Crippen LogP contribution in [0.5, 0.6) is 0 Å². The standard InChI is InChI=1S/C12H15NO4/c1-12(2,10(14)15)8-4-6-9(7-5-8)13-11(16)17-3/h4-7H,1-3H3,(H,13,16)(H,14,15). The van der Waals surface area contributed by atoms with Gasteiger partial charge in [0.1, 0.15) is 0 Å². The molecule has 5 heteroatoms. The summed E-state index contributed by atoms with van der Waals surface area (Å²) in [5.74, 6) is -0.897. The van der Waals surface area contributed by atoms with E-state index in [0.717, 1.165) is 0 Å². The third-order valence-corrected chi connectivity index (χ3v) is 2.57. The normalized spacial score (nSPS) is 10.8. The van der Waals surface area contributed by atoms with Gasteiger partial charge in [-0.1, -0.05) is 12.1 Å². The summed E-state index contributed by atoms with van der Waals surface area (Å²) in [7, 11) is 1.28. The Morgan fingerprint density at radius 3 is 2.18 bits per heavy atom. The molecule has 0 saturated carbocycles. The Kier molecular flexibility index (Phi) is 3.73. The molecule has 1 aromatic carbocycles. The fourth-order valence-corrected chi connectivity index (χ4v) is 1.26. The second-order valence-electron chi connectivity index (χ2n) is 4.12. The van der Waals surface area contributed by atoms with Crippen molar-refractivity contribution in [2.75, 3.05) is 12.4 Å². The van der Waals surface area contributed by atoms with Crippen molar-refractivity contribution in [1.29, 1.82) is 0 Å². The summed E-state index contributed by atoms with van der Waals surface area (Å²) in [5.41, 5.74) is 0.270. The summed E-state index contributed by atoms with van der Waals surface area (Å²) in [6, 6.07) is 6.60. The molecular weight excluding hydrogens is 222 g/mol. The molecule has 0 aromatic heterocycles. The van der Waals surface area contributed by atoms with Crippen LogP contribution in [0.2, 0.25) is 0 Å². The van der Waals surface area contributed by atoms with Gasteiger partial charge in [-0.15, -0.1) is 0 Å². The van der Waals surface area contributed by atoms with E-state index in [2.05, 4.69) is 10.1 Å². The number of carboxylic acids is 1. The number of carbonyl (C=O) groups excluding carboxylic acids is 1. The number of hydrogen-bond acceptors (Lipinski definition) is 3. The Morgan fingerprint density at radius 1 is 1.24 bits per heavy atom. The first-order valence-corrected chi connectivity index (χ1v) is 5.07. The fraction of sp³-hybridized carbons (Fsp3) is 0.333. The summed E-state index contributed by atoms with van der Waals surface area (Å²) < 4.78 is 4.45. The summed E-state index contributed by atoms with van der Waals surface area (Å²) in [5, 5.41) is 11.5. The Morgan fingerprint density at radius 2 is 1.76 bits per heavy atom. The number of carboxylic acid groups (broad SMARTS) is 1. The zero-order valence-corrected chi connectivity index (χ0v) is 9.98. The lowest BCUT2D eigenvalue weighted by atomic mass is 9.85. The molecule has 0 saturated heterocycles. The third kappa shape index (κ3) is 2.96. The molecule has 0 radical (unpaired) electrons. The van der Waals surface area contributed by atoms with Crippen molar-refractivity contribution in [3.8, 4) is 0 Å². The molecule has 0 bridgehead atoms. The van der Waals surface area contributed by atoms with Gasteiger partial charge in [-0.05, 0) is 31.5 Å². The molecule has 0 aliphatic heterocycles. The molecule has 0 atom stereocenters. The lowest BCUT2D eigenvalue weighted by Gasteiger charge is -2.19. The predicted molar refractivity (Wildman–Crippen MR) is 63.1 cm³/mol. The number of benzene rings is 1. The molecule has 92 valence electrons. The van der Waals surface area contributed by atoms with Crippen LogP contribution in [-0.2, 0) is 14.9 Å². The maximum Gasteiger partial charge on any atom is 0.411 e. The monoisotopic (exact) mass is 237 g/mol. The lowest BCUT2D eigenvalue weighted by Crippen LogP contribution is -2.28. The molecule has 17 heavy (non-hydrogen) atoms. The molecule has 5 nitrogen and oxygen atoms in total. The van der Waals surface area contributed by atoms with E-state index in [1.807, 2.05) is 0 Å². The molecule has 2 N–H and O–H groups in total. The van der Waals surface area contributed by atoms with Crippen LogP contribution in [0.25, 0.3) is 0 Å². The number of methoxy groups -OCH3 is 1. The number of rotatable bonds is 3. The molecule has 0 unspecified atom stereocenters. The molecule has 0 aliphatic rings. The van der Waals surface area contributed by atoms with E-state index in [-0.39, 0.29) is 0 Å². The van der Waals surface area contributed by atoms with Crippen LogP contribution in [0.3, 0.4) is 0 Å². The quantitative estimate of drug-likeness (QED) is 0.845. The molecular formula is C12H15NO4. The highest BCUT2D eigenvalue weighted by Crippen LogP contribution is 2.24. The highest BCUT2D eigenvalue weighted by Gasteiger charge is 2.29. The summed E-state index contributed by atoms with van der Waals surface area (Å²) in [6.07, 6.45) is -0.560. The van der Waals surface area contributed by atoms with Crippen molar-refractivity contribution in [1.82, 2.24) is 0 Å². The van der Waals surface area contributed by atoms with E-state index in [9.17, 15) is 9.59 Å². The number of anilines is 1. The number of carbonyl (C=O) groups is 2. The van der Waals surface area contributed by atoms with E-state index in [1.54, 1.807) is 38.1 Å². The lowest BCUT2D eigenvalue weighted by molar-refractivity contribution is -0.142. The second-order valence-corrected chi connectivity index (χ2v) is 4.12. The maximum absolute atomic E-state index is 11.0. The molecule has 0 aliphatic carbocycles. The fourth-order valence-electron chi connectivity index (χ4n) is 1.26. The molecule has 1 aromatic rings. The summed E-state index contributed by atoms with van der Waals surface area (Å²) in [4.78, 5) is 22.0. The van der Waals surface area contributed by atoms with Gasteiger partial charge in [-0.3, -0.25) is 10.1 Å². The van der Waals surface area contributed by atoms with Gasteiger partial charge >= 0.3 is 12.1 Å². The van der Waals surface area contributed by atoms with Crippen LogP contribution >= 0.6 is 0 Å². The first kappa shape index (κ1) is 13.0. The topological polar surface area (TPSA) is 75.6 Å². The van der Waals surface area contributed by atoms with Crippen molar-refractivity contribution < 1.29 is 19.4 Å². The SMILES string of the molecule is COC(=O)Nc1ccc(C(C)(C)C(=O)O)cc1.